The first-order valence-corrected chi connectivity index (χ1v) is 30.2. The summed E-state index contributed by atoms with van der Waals surface area (Å²) >= 11 is 0. The number of unbranched alkanes of at least 4 members (excludes halogenated alkanes) is 20. The summed E-state index contributed by atoms with van der Waals surface area (Å²) in [5, 5.41) is 0. The van der Waals surface area contributed by atoms with Gasteiger partial charge in [0.2, 0.25) is 0 Å². The van der Waals surface area contributed by atoms with E-state index in [-0.39, 0.29) is 37.5 Å². The van der Waals surface area contributed by atoms with Crippen molar-refractivity contribution in [2.75, 3.05) is 13.2 Å². The van der Waals surface area contributed by atoms with Gasteiger partial charge in [-0.1, -0.05) is 244 Å². The number of allylic oxidation sites excluding steroid dienone is 22. The molecule has 0 aliphatic heterocycles. The van der Waals surface area contributed by atoms with Crippen LogP contribution in [0.2, 0.25) is 0 Å². The van der Waals surface area contributed by atoms with Gasteiger partial charge in [-0.3, -0.25) is 14.4 Å². The first kappa shape index (κ1) is 69.5. The Morgan fingerprint density at radius 2 is 0.527 bits per heavy atom. The lowest BCUT2D eigenvalue weighted by Crippen LogP contribution is -2.30. The largest absolute Gasteiger partial charge is 0.462 e. The van der Waals surface area contributed by atoms with E-state index < -0.39 is 6.10 Å². The molecule has 0 rings (SSSR count). The molecule has 0 fully saturated rings. The minimum absolute atomic E-state index is 0.103. The molecule has 1 unspecified atom stereocenters. The predicted octanol–water partition coefficient (Wildman–Crippen LogP) is 20.6. The van der Waals surface area contributed by atoms with E-state index in [0.29, 0.717) is 19.3 Å². The van der Waals surface area contributed by atoms with Crippen molar-refractivity contribution >= 4 is 17.9 Å². The summed E-state index contributed by atoms with van der Waals surface area (Å²) in [6, 6.07) is 0. The van der Waals surface area contributed by atoms with Gasteiger partial charge in [-0.15, -0.1) is 0 Å². The number of ether oxygens (including phenoxy) is 3. The summed E-state index contributed by atoms with van der Waals surface area (Å²) in [6.45, 7) is 6.31. The van der Waals surface area contributed by atoms with Gasteiger partial charge in [0.25, 0.3) is 0 Å². The van der Waals surface area contributed by atoms with E-state index in [9.17, 15) is 14.4 Å². The summed E-state index contributed by atoms with van der Waals surface area (Å²) in [4.78, 5) is 38.1. The zero-order chi connectivity index (χ0) is 53.6. The Morgan fingerprint density at radius 1 is 0.284 bits per heavy atom. The van der Waals surface area contributed by atoms with Crippen molar-refractivity contribution in [2.45, 2.75) is 264 Å². The van der Waals surface area contributed by atoms with Crippen LogP contribution in [0.3, 0.4) is 0 Å². The first-order chi connectivity index (χ1) is 36.5. The summed E-state index contributed by atoms with van der Waals surface area (Å²) in [7, 11) is 0. The third-order valence-corrected chi connectivity index (χ3v) is 12.4. The van der Waals surface area contributed by atoms with E-state index in [0.717, 1.165) is 135 Å². The van der Waals surface area contributed by atoms with Gasteiger partial charge in [-0.05, 0) is 128 Å². The molecular formula is C68H110O6. The molecule has 0 saturated carbocycles. The van der Waals surface area contributed by atoms with Crippen LogP contribution >= 0.6 is 0 Å². The Hall–Kier alpha value is -4.45. The van der Waals surface area contributed by atoms with Crippen molar-refractivity contribution in [3.63, 3.8) is 0 Å². The predicted molar refractivity (Wildman–Crippen MR) is 320 cm³/mol. The smallest absolute Gasteiger partial charge is 0.306 e. The summed E-state index contributed by atoms with van der Waals surface area (Å²) in [6.07, 6.45) is 86.0. The molecule has 6 heteroatoms. The maximum atomic E-state index is 12.9. The normalized spacial score (nSPS) is 13.1. The Balaban J connectivity index is 4.36. The van der Waals surface area contributed by atoms with Gasteiger partial charge in [-0.25, -0.2) is 0 Å². The van der Waals surface area contributed by atoms with Crippen LogP contribution in [0.5, 0.6) is 0 Å². The minimum atomic E-state index is -0.810. The molecule has 0 aromatic heterocycles. The molecule has 0 heterocycles. The molecule has 0 aliphatic rings. The second-order valence-electron chi connectivity index (χ2n) is 19.5. The lowest BCUT2D eigenvalue weighted by Gasteiger charge is -2.18. The maximum absolute atomic E-state index is 12.9. The van der Waals surface area contributed by atoms with Crippen molar-refractivity contribution in [2.24, 2.45) is 0 Å². The van der Waals surface area contributed by atoms with Crippen molar-refractivity contribution in [1.29, 1.82) is 0 Å². The molecule has 6 nitrogen and oxygen atoms in total. The molecule has 0 bridgehead atoms. The van der Waals surface area contributed by atoms with E-state index in [4.69, 9.17) is 14.2 Å². The lowest BCUT2D eigenvalue weighted by atomic mass is 10.0. The van der Waals surface area contributed by atoms with Gasteiger partial charge in [0.05, 0.1) is 0 Å². The molecule has 0 spiro atoms. The molecule has 0 aromatic rings. The molecule has 0 amide bonds. The molecule has 1 atom stereocenters. The highest BCUT2D eigenvalue weighted by atomic mass is 16.6. The van der Waals surface area contributed by atoms with Gasteiger partial charge in [0.1, 0.15) is 13.2 Å². The number of hydrogen-bond acceptors (Lipinski definition) is 6. The molecule has 74 heavy (non-hydrogen) atoms. The van der Waals surface area contributed by atoms with Crippen molar-refractivity contribution < 1.29 is 28.6 Å². The van der Waals surface area contributed by atoms with Crippen LogP contribution in [0.25, 0.3) is 0 Å². The number of rotatable bonds is 53. The Bertz CT molecular complexity index is 1600. The van der Waals surface area contributed by atoms with E-state index in [1.807, 2.05) is 0 Å². The number of carbonyl (C=O) groups is 3. The van der Waals surface area contributed by atoms with Gasteiger partial charge in [0.15, 0.2) is 6.10 Å². The Morgan fingerprint density at radius 3 is 0.865 bits per heavy atom. The third kappa shape index (κ3) is 58.4. The average molecular weight is 1020 g/mol. The van der Waals surface area contributed by atoms with E-state index in [1.165, 1.54) is 77.0 Å². The highest BCUT2D eigenvalue weighted by molar-refractivity contribution is 5.71. The molecule has 0 saturated heterocycles. The SMILES string of the molecule is CC/C=C\C/C=C\C/C=C\C/C=C\C/C=C\C/C=C\CCCCC(=O)OC(COC(=O)CCCCCCC/C=C\CCC)COC(=O)CCCCCCCCCCCCCC/C=C\C/C=C\C/C=C\C/C=C\CC. The van der Waals surface area contributed by atoms with Crippen LogP contribution in [0.15, 0.2) is 134 Å². The van der Waals surface area contributed by atoms with Gasteiger partial charge < -0.3 is 14.2 Å². The minimum Gasteiger partial charge on any atom is -0.462 e. The van der Waals surface area contributed by atoms with Crippen LogP contribution in [-0.2, 0) is 28.6 Å². The lowest BCUT2D eigenvalue weighted by molar-refractivity contribution is -0.167. The van der Waals surface area contributed by atoms with Crippen molar-refractivity contribution in [1.82, 2.24) is 0 Å². The van der Waals surface area contributed by atoms with E-state index >= 15 is 0 Å². The number of hydrogen-bond donors (Lipinski definition) is 0. The average Bonchev–Trinajstić information content (AvgIpc) is 3.40. The summed E-state index contributed by atoms with van der Waals surface area (Å²) < 4.78 is 16.8. The van der Waals surface area contributed by atoms with E-state index in [2.05, 4.69) is 154 Å². The van der Waals surface area contributed by atoms with Gasteiger partial charge >= 0.3 is 17.9 Å². The van der Waals surface area contributed by atoms with Crippen LogP contribution in [0.1, 0.15) is 258 Å². The topological polar surface area (TPSA) is 78.9 Å². The molecule has 0 aliphatic carbocycles. The van der Waals surface area contributed by atoms with Gasteiger partial charge in [0, 0.05) is 19.3 Å². The standard InChI is InChI=1S/C68H110O6/c1-4-7-10-13-16-19-22-24-26-28-30-32-33-34-35-37-38-40-42-44-46-49-52-55-58-61-67(70)73-64-65(63-72-66(69)60-57-54-51-48-21-18-15-12-9-6-3)74-68(71)62-59-56-53-50-47-45-43-41-39-36-31-29-27-25-23-20-17-14-11-8-5-2/h7-8,10-12,15-17,19-20,24-27,30-32,36,41,43,47,50,65H,4-6,9,13-14,18,21-23,28-29,33-35,37-40,42,44-46,48-49,51-64H2,1-3H3/b10-7-,11-8-,15-12-,19-16-,20-17-,26-24-,27-25-,32-30-,36-31-,43-41-,50-47-. The van der Waals surface area contributed by atoms with E-state index in [1.54, 1.807) is 0 Å². The fraction of sp³-hybridized carbons (Fsp3) is 0.632. The van der Waals surface area contributed by atoms with Crippen LogP contribution < -0.4 is 0 Å². The van der Waals surface area contributed by atoms with Crippen LogP contribution in [-0.4, -0.2) is 37.2 Å². The fourth-order valence-electron chi connectivity index (χ4n) is 7.91. The molecule has 418 valence electrons. The Kier molecular flexibility index (Phi) is 57.4. The highest BCUT2D eigenvalue weighted by Gasteiger charge is 2.19. The second-order valence-corrected chi connectivity index (χ2v) is 19.5. The van der Waals surface area contributed by atoms with Crippen molar-refractivity contribution in [3.05, 3.63) is 134 Å². The highest BCUT2D eigenvalue weighted by Crippen LogP contribution is 2.15. The van der Waals surface area contributed by atoms with Gasteiger partial charge in [-0.2, -0.15) is 0 Å². The number of carbonyl (C=O) groups excluding carboxylic acids is 3. The molecule has 0 radical (unpaired) electrons. The zero-order valence-corrected chi connectivity index (χ0v) is 47.8. The summed E-state index contributed by atoms with van der Waals surface area (Å²) in [5.74, 6) is -0.962. The van der Waals surface area contributed by atoms with Crippen LogP contribution in [0, 0.1) is 0 Å². The molecule has 0 N–H and O–H groups in total. The zero-order valence-electron chi connectivity index (χ0n) is 47.8. The second kappa shape index (κ2) is 61.1. The number of esters is 3. The maximum Gasteiger partial charge on any atom is 0.306 e. The van der Waals surface area contributed by atoms with Crippen LogP contribution in [0.4, 0.5) is 0 Å². The van der Waals surface area contributed by atoms with Crippen molar-refractivity contribution in [3.8, 4) is 0 Å². The summed E-state index contributed by atoms with van der Waals surface area (Å²) in [5.41, 5.74) is 0. The fourth-order valence-corrected chi connectivity index (χ4v) is 7.91. The quantitative estimate of drug-likeness (QED) is 0.0261. The first-order valence-electron chi connectivity index (χ1n) is 30.2. The Labute approximate surface area is 455 Å². The molecule has 0 aromatic carbocycles. The molecular weight excluding hydrogens is 913 g/mol. The third-order valence-electron chi connectivity index (χ3n) is 12.4. The monoisotopic (exact) mass is 1020 g/mol.